The van der Waals surface area contributed by atoms with Gasteiger partial charge in [0.2, 0.25) is 0 Å². The Hall–Kier alpha value is -1.02. The molecular formula is C12H18O2. The molecule has 1 atom stereocenters. The van der Waals surface area contributed by atoms with E-state index in [9.17, 15) is 0 Å². The predicted octanol–water partition coefficient (Wildman–Crippen LogP) is 2.57. The van der Waals surface area contributed by atoms with Crippen molar-refractivity contribution >= 4 is 0 Å². The Balaban J connectivity index is 2.90. The number of methoxy groups -OCH3 is 1. The van der Waals surface area contributed by atoms with Gasteiger partial charge < -0.3 is 9.84 Å². The average Bonchev–Trinajstić information content (AvgIpc) is 2.26. The van der Waals surface area contributed by atoms with Crippen molar-refractivity contribution in [3.63, 3.8) is 0 Å². The third-order valence-electron chi connectivity index (χ3n) is 2.55. The minimum absolute atomic E-state index is 0.233. The van der Waals surface area contributed by atoms with E-state index in [1.54, 1.807) is 7.11 Å². The van der Waals surface area contributed by atoms with Crippen molar-refractivity contribution in [1.29, 1.82) is 0 Å². The van der Waals surface area contributed by atoms with Crippen LogP contribution in [0.3, 0.4) is 0 Å². The molecule has 78 valence electrons. The largest absolute Gasteiger partial charge is 0.496 e. The number of hydrogen-bond donors (Lipinski definition) is 1. The van der Waals surface area contributed by atoms with Crippen LogP contribution < -0.4 is 4.74 Å². The van der Waals surface area contributed by atoms with Crippen LogP contribution >= 0.6 is 0 Å². The second-order valence-electron chi connectivity index (χ2n) is 3.36. The number of rotatable bonds is 5. The summed E-state index contributed by atoms with van der Waals surface area (Å²) in [5.41, 5.74) is 1.20. The van der Waals surface area contributed by atoms with Crippen molar-refractivity contribution in [2.24, 2.45) is 0 Å². The molecule has 0 heterocycles. The van der Waals surface area contributed by atoms with Gasteiger partial charge in [0.05, 0.1) is 7.11 Å². The maximum Gasteiger partial charge on any atom is 0.122 e. The lowest BCUT2D eigenvalue weighted by Gasteiger charge is -2.16. The highest BCUT2D eigenvalue weighted by Crippen LogP contribution is 2.30. The van der Waals surface area contributed by atoms with Gasteiger partial charge in [-0.1, -0.05) is 25.1 Å². The summed E-state index contributed by atoms with van der Waals surface area (Å²) in [6.07, 6.45) is 1.83. The fraction of sp³-hybridized carbons (Fsp3) is 0.500. The number of benzene rings is 1. The fourth-order valence-corrected chi connectivity index (χ4v) is 1.74. The fourth-order valence-electron chi connectivity index (χ4n) is 1.74. The standard InChI is InChI=1S/C12H18O2/c1-3-10(8-9-13)11-6-4-5-7-12(11)14-2/h4-7,10,13H,3,8-9H2,1-2H3/t10-/m1/s1. The summed E-state index contributed by atoms with van der Waals surface area (Å²) in [6, 6.07) is 8.02. The molecule has 0 aliphatic rings. The third kappa shape index (κ3) is 2.48. The van der Waals surface area contributed by atoms with Gasteiger partial charge in [-0.05, 0) is 30.4 Å². The molecule has 0 unspecified atom stereocenters. The molecule has 0 saturated heterocycles. The van der Waals surface area contributed by atoms with E-state index in [2.05, 4.69) is 13.0 Å². The summed E-state index contributed by atoms with van der Waals surface area (Å²) in [6.45, 7) is 2.36. The first-order valence-electron chi connectivity index (χ1n) is 5.07. The molecule has 14 heavy (non-hydrogen) atoms. The second-order valence-corrected chi connectivity index (χ2v) is 3.36. The quantitative estimate of drug-likeness (QED) is 0.780. The van der Waals surface area contributed by atoms with Crippen LogP contribution in [0.5, 0.6) is 5.75 Å². The zero-order valence-corrected chi connectivity index (χ0v) is 8.86. The molecule has 1 aromatic rings. The summed E-state index contributed by atoms with van der Waals surface area (Å²) in [7, 11) is 1.69. The van der Waals surface area contributed by atoms with Crippen molar-refractivity contribution < 1.29 is 9.84 Å². The molecule has 0 radical (unpaired) electrons. The number of para-hydroxylation sites is 1. The van der Waals surface area contributed by atoms with Gasteiger partial charge >= 0.3 is 0 Å². The Morgan fingerprint density at radius 3 is 2.64 bits per heavy atom. The molecule has 2 nitrogen and oxygen atoms in total. The number of hydrogen-bond acceptors (Lipinski definition) is 2. The van der Waals surface area contributed by atoms with Crippen LogP contribution in [0, 0.1) is 0 Å². The Labute approximate surface area is 85.5 Å². The highest BCUT2D eigenvalue weighted by atomic mass is 16.5. The highest BCUT2D eigenvalue weighted by molar-refractivity contribution is 5.36. The van der Waals surface area contributed by atoms with Gasteiger partial charge in [0, 0.05) is 6.61 Å². The molecule has 0 aliphatic carbocycles. The first-order chi connectivity index (χ1) is 6.83. The zero-order valence-electron chi connectivity index (χ0n) is 8.86. The van der Waals surface area contributed by atoms with Crippen LogP contribution in [0.2, 0.25) is 0 Å². The molecule has 0 spiro atoms. The molecule has 1 aromatic carbocycles. The van der Waals surface area contributed by atoms with E-state index in [1.165, 1.54) is 5.56 Å². The van der Waals surface area contributed by atoms with E-state index in [1.807, 2.05) is 18.2 Å². The van der Waals surface area contributed by atoms with Gasteiger partial charge in [0.1, 0.15) is 5.75 Å². The monoisotopic (exact) mass is 194 g/mol. The second kappa shape index (κ2) is 5.66. The molecule has 0 fully saturated rings. The average molecular weight is 194 g/mol. The molecule has 1 rings (SSSR count). The van der Waals surface area contributed by atoms with Crippen molar-refractivity contribution in [2.45, 2.75) is 25.7 Å². The van der Waals surface area contributed by atoms with E-state index < -0.39 is 0 Å². The summed E-state index contributed by atoms with van der Waals surface area (Å²) < 4.78 is 5.29. The Bertz CT molecular complexity index is 271. The summed E-state index contributed by atoms with van der Waals surface area (Å²) in [4.78, 5) is 0. The Morgan fingerprint density at radius 2 is 2.07 bits per heavy atom. The van der Waals surface area contributed by atoms with Crippen LogP contribution in [0.15, 0.2) is 24.3 Å². The molecule has 2 heteroatoms. The van der Waals surface area contributed by atoms with Gasteiger partial charge in [0.15, 0.2) is 0 Å². The van der Waals surface area contributed by atoms with E-state index in [4.69, 9.17) is 9.84 Å². The molecule has 0 bridgehead atoms. The summed E-state index contributed by atoms with van der Waals surface area (Å²) >= 11 is 0. The lowest BCUT2D eigenvalue weighted by atomic mass is 9.93. The lowest BCUT2D eigenvalue weighted by Crippen LogP contribution is -2.02. The summed E-state index contributed by atoms with van der Waals surface area (Å²) in [5.74, 6) is 1.32. The van der Waals surface area contributed by atoms with E-state index in [0.717, 1.165) is 18.6 Å². The Morgan fingerprint density at radius 1 is 1.36 bits per heavy atom. The van der Waals surface area contributed by atoms with Gasteiger partial charge in [-0.2, -0.15) is 0 Å². The van der Waals surface area contributed by atoms with Crippen LogP contribution in [0.4, 0.5) is 0 Å². The SMILES string of the molecule is CC[C@H](CCO)c1ccccc1OC. The van der Waals surface area contributed by atoms with Crippen LogP contribution in [-0.2, 0) is 0 Å². The van der Waals surface area contributed by atoms with Crippen LogP contribution in [0.1, 0.15) is 31.2 Å². The van der Waals surface area contributed by atoms with Gasteiger partial charge in [-0.3, -0.25) is 0 Å². The highest BCUT2D eigenvalue weighted by Gasteiger charge is 2.12. The predicted molar refractivity (Wildman–Crippen MR) is 57.7 cm³/mol. The number of aliphatic hydroxyl groups excluding tert-OH is 1. The van der Waals surface area contributed by atoms with Crippen LogP contribution in [0.25, 0.3) is 0 Å². The van der Waals surface area contributed by atoms with Gasteiger partial charge in [-0.25, -0.2) is 0 Å². The zero-order chi connectivity index (χ0) is 10.4. The van der Waals surface area contributed by atoms with E-state index >= 15 is 0 Å². The van der Waals surface area contributed by atoms with E-state index in [-0.39, 0.29) is 6.61 Å². The lowest BCUT2D eigenvalue weighted by molar-refractivity contribution is 0.272. The summed E-state index contributed by atoms with van der Waals surface area (Å²) in [5, 5.41) is 8.95. The van der Waals surface area contributed by atoms with Gasteiger partial charge in [-0.15, -0.1) is 0 Å². The normalized spacial score (nSPS) is 12.5. The molecule has 0 aromatic heterocycles. The first kappa shape index (κ1) is 11.1. The van der Waals surface area contributed by atoms with Crippen LogP contribution in [-0.4, -0.2) is 18.8 Å². The first-order valence-corrected chi connectivity index (χ1v) is 5.07. The molecule has 0 saturated carbocycles. The molecule has 1 N–H and O–H groups in total. The third-order valence-corrected chi connectivity index (χ3v) is 2.55. The van der Waals surface area contributed by atoms with Crippen molar-refractivity contribution in [2.75, 3.05) is 13.7 Å². The smallest absolute Gasteiger partial charge is 0.122 e. The minimum atomic E-state index is 0.233. The number of aliphatic hydroxyl groups is 1. The van der Waals surface area contributed by atoms with Crippen molar-refractivity contribution in [3.8, 4) is 5.75 Å². The minimum Gasteiger partial charge on any atom is -0.496 e. The van der Waals surface area contributed by atoms with Gasteiger partial charge in [0.25, 0.3) is 0 Å². The molecular weight excluding hydrogens is 176 g/mol. The maximum absolute atomic E-state index is 8.95. The molecule has 0 amide bonds. The van der Waals surface area contributed by atoms with E-state index in [0.29, 0.717) is 5.92 Å². The van der Waals surface area contributed by atoms with Crippen molar-refractivity contribution in [1.82, 2.24) is 0 Å². The topological polar surface area (TPSA) is 29.5 Å². The maximum atomic E-state index is 8.95. The number of ether oxygens (including phenoxy) is 1. The molecule has 0 aliphatic heterocycles. The Kier molecular flexibility index (Phi) is 4.47. The van der Waals surface area contributed by atoms with Crippen molar-refractivity contribution in [3.05, 3.63) is 29.8 Å².